The largest absolute Gasteiger partial charge is 0.487 e. The molecule has 4 aromatic carbocycles. The summed E-state index contributed by atoms with van der Waals surface area (Å²) in [6.07, 6.45) is 2.95. The van der Waals surface area contributed by atoms with Gasteiger partial charge in [0.15, 0.2) is 0 Å². The minimum absolute atomic E-state index is 0.0597. The highest BCUT2D eigenvalue weighted by molar-refractivity contribution is 6.38. The normalized spacial score (nSPS) is 11.0. The molecule has 0 aliphatic rings. The number of halogens is 2. The van der Waals surface area contributed by atoms with E-state index in [0.29, 0.717) is 33.3 Å². The van der Waals surface area contributed by atoms with Crippen LogP contribution in [0.1, 0.15) is 27.2 Å². The average molecular weight is 654 g/mol. The molecule has 10 heteroatoms. The van der Waals surface area contributed by atoms with Crippen molar-refractivity contribution in [2.75, 3.05) is 23.8 Å². The van der Waals surface area contributed by atoms with E-state index in [1.54, 1.807) is 73.8 Å². The summed E-state index contributed by atoms with van der Waals surface area (Å²) in [4.78, 5) is 43.7. The summed E-state index contributed by atoms with van der Waals surface area (Å²) in [5.74, 6) is -0.455. The lowest BCUT2D eigenvalue weighted by Gasteiger charge is -2.21. The first-order chi connectivity index (χ1) is 22.2. The van der Waals surface area contributed by atoms with Crippen molar-refractivity contribution >= 4 is 69.3 Å². The van der Waals surface area contributed by atoms with Crippen LogP contribution in [0.4, 0.5) is 11.4 Å². The molecule has 0 spiro atoms. The fourth-order valence-electron chi connectivity index (χ4n) is 4.58. The first-order valence-corrected chi connectivity index (χ1v) is 15.1. The summed E-state index contributed by atoms with van der Waals surface area (Å²) in [7, 11) is 1.57. The molecule has 0 unspecified atom stereocenters. The lowest BCUT2D eigenvalue weighted by Crippen LogP contribution is -2.37. The SMILES string of the molecule is Cc1ccc2cccc(OCc3c(Cl)ccc(N(C)C(=O)CNC(=O)C=Cc4ccc(NC(=O)c5ccccc5)cc4)c3Cl)c2n1. The van der Waals surface area contributed by atoms with E-state index in [0.717, 1.165) is 22.2 Å². The smallest absolute Gasteiger partial charge is 0.255 e. The first kappa shape index (κ1) is 32.2. The fraction of sp³-hybridized carbons (Fsp3) is 0.111. The van der Waals surface area contributed by atoms with E-state index in [1.807, 2.05) is 43.3 Å². The number of carbonyl (C=O) groups excluding carboxylic acids is 3. The Balaban J connectivity index is 1.16. The number of rotatable bonds is 10. The molecule has 8 nitrogen and oxygen atoms in total. The van der Waals surface area contributed by atoms with Crippen LogP contribution in [-0.2, 0) is 16.2 Å². The van der Waals surface area contributed by atoms with Crippen LogP contribution >= 0.6 is 23.2 Å². The second-order valence-corrected chi connectivity index (χ2v) is 11.2. The van der Waals surface area contributed by atoms with Crippen molar-refractivity contribution in [2.24, 2.45) is 0 Å². The molecule has 0 atom stereocenters. The lowest BCUT2D eigenvalue weighted by molar-refractivity contribution is -0.122. The van der Waals surface area contributed by atoms with Crippen molar-refractivity contribution in [3.05, 3.63) is 136 Å². The molecule has 5 aromatic rings. The number of para-hydroxylation sites is 1. The third kappa shape index (κ3) is 7.90. The minimum Gasteiger partial charge on any atom is -0.487 e. The maximum Gasteiger partial charge on any atom is 0.255 e. The van der Waals surface area contributed by atoms with Crippen molar-refractivity contribution in [1.82, 2.24) is 10.3 Å². The zero-order valence-corrected chi connectivity index (χ0v) is 26.6. The molecule has 0 bridgehead atoms. The lowest BCUT2D eigenvalue weighted by atomic mass is 10.1. The van der Waals surface area contributed by atoms with Crippen LogP contribution in [0.3, 0.4) is 0 Å². The molecule has 0 aliphatic heterocycles. The summed E-state index contributed by atoms with van der Waals surface area (Å²) in [6, 6.07) is 28.8. The maximum atomic E-state index is 13.0. The number of hydrogen-bond acceptors (Lipinski definition) is 5. The number of aromatic nitrogens is 1. The Labute approximate surface area is 276 Å². The number of hydrogen-bond donors (Lipinski definition) is 2. The van der Waals surface area contributed by atoms with Gasteiger partial charge in [-0.1, -0.05) is 71.7 Å². The van der Waals surface area contributed by atoms with Crippen LogP contribution in [0.25, 0.3) is 17.0 Å². The van der Waals surface area contributed by atoms with Crippen molar-refractivity contribution < 1.29 is 19.1 Å². The Morgan fingerprint density at radius 1 is 0.891 bits per heavy atom. The van der Waals surface area contributed by atoms with E-state index in [-0.39, 0.29) is 30.0 Å². The number of nitrogens with one attached hydrogen (secondary N) is 2. The van der Waals surface area contributed by atoms with Gasteiger partial charge >= 0.3 is 0 Å². The van der Waals surface area contributed by atoms with Gasteiger partial charge in [-0.3, -0.25) is 14.4 Å². The predicted octanol–water partition coefficient (Wildman–Crippen LogP) is 7.47. The molecule has 2 N–H and O–H groups in total. The zero-order valence-electron chi connectivity index (χ0n) is 25.1. The van der Waals surface area contributed by atoms with Gasteiger partial charge in [0, 0.05) is 46.0 Å². The minimum atomic E-state index is -0.446. The second kappa shape index (κ2) is 14.7. The second-order valence-electron chi connectivity index (χ2n) is 10.4. The Hall–Kier alpha value is -5.18. The summed E-state index contributed by atoms with van der Waals surface area (Å²) < 4.78 is 6.08. The van der Waals surface area contributed by atoms with Crippen LogP contribution in [0.2, 0.25) is 10.0 Å². The van der Waals surface area contributed by atoms with Crippen molar-refractivity contribution in [3.63, 3.8) is 0 Å². The van der Waals surface area contributed by atoms with Crippen LogP contribution < -0.4 is 20.3 Å². The quantitative estimate of drug-likeness (QED) is 0.152. The summed E-state index contributed by atoms with van der Waals surface area (Å²) in [6.45, 7) is 1.72. The number of benzene rings is 4. The van der Waals surface area contributed by atoms with Crippen LogP contribution in [-0.4, -0.2) is 36.3 Å². The van der Waals surface area contributed by atoms with Gasteiger partial charge in [-0.15, -0.1) is 0 Å². The number of amides is 3. The highest BCUT2D eigenvalue weighted by Gasteiger charge is 2.19. The molecule has 3 amide bonds. The number of ether oxygens (including phenoxy) is 1. The summed E-state index contributed by atoms with van der Waals surface area (Å²) in [5.41, 5.74) is 4.46. The molecule has 1 heterocycles. The molecule has 5 rings (SSSR count). The molecule has 0 aliphatic carbocycles. The number of pyridine rings is 1. The molecule has 0 radical (unpaired) electrons. The van der Waals surface area contributed by atoms with Gasteiger partial charge in [-0.2, -0.15) is 0 Å². The van der Waals surface area contributed by atoms with E-state index in [4.69, 9.17) is 27.9 Å². The van der Waals surface area contributed by atoms with E-state index in [1.165, 1.54) is 11.0 Å². The molecule has 232 valence electrons. The Morgan fingerprint density at radius 2 is 1.65 bits per heavy atom. The van der Waals surface area contributed by atoms with Crippen molar-refractivity contribution in [3.8, 4) is 5.75 Å². The van der Waals surface area contributed by atoms with Gasteiger partial charge in [-0.25, -0.2) is 4.98 Å². The molecular weight excluding hydrogens is 623 g/mol. The summed E-state index contributed by atoms with van der Waals surface area (Å²) in [5, 5.41) is 7.03. The highest BCUT2D eigenvalue weighted by atomic mass is 35.5. The molecule has 46 heavy (non-hydrogen) atoms. The third-order valence-corrected chi connectivity index (χ3v) is 7.92. The van der Waals surface area contributed by atoms with E-state index in [2.05, 4.69) is 15.6 Å². The first-order valence-electron chi connectivity index (χ1n) is 14.3. The van der Waals surface area contributed by atoms with Crippen LogP contribution in [0.15, 0.2) is 103 Å². The Bertz CT molecular complexity index is 1930. The number of aryl methyl sites for hydroxylation is 1. The predicted molar refractivity (Wildman–Crippen MR) is 184 cm³/mol. The van der Waals surface area contributed by atoms with Crippen molar-refractivity contribution in [2.45, 2.75) is 13.5 Å². The number of anilines is 2. The maximum absolute atomic E-state index is 13.0. The fourth-order valence-corrected chi connectivity index (χ4v) is 5.18. The van der Waals surface area contributed by atoms with Gasteiger partial charge in [0.25, 0.3) is 5.91 Å². The summed E-state index contributed by atoms with van der Waals surface area (Å²) >= 11 is 13.2. The van der Waals surface area contributed by atoms with E-state index in [9.17, 15) is 14.4 Å². The van der Waals surface area contributed by atoms with Gasteiger partial charge in [0.1, 0.15) is 17.9 Å². The molecule has 0 saturated carbocycles. The Morgan fingerprint density at radius 3 is 2.41 bits per heavy atom. The molecule has 0 saturated heterocycles. The molecular formula is C36H30Cl2N4O4. The Kier molecular flexibility index (Phi) is 10.3. The number of carbonyl (C=O) groups is 3. The number of nitrogens with zero attached hydrogens (tertiary/aromatic N) is 2. The topological polar surface area (TPSA) is 101 Å². The number of likely N-dealkylation sites (N-methyl/N-ethyl adjacent to an activating group) is 1. The highest BCUT2D eigenvalue weighted by Crippen LogP contribution is 2.35. The average Bonchev–Trinajstić information content (AvgIpc) is 3.07. The van der Waals surface area contributed by atoms with Crippen molar-refractivity contribution in [1.29, 1.82) is 0 Å². The van der Waals surface area contributed by atoms with Gasteiger partial charge in [0.05, 0.1) is 17.3 Å². The van der Waals surface area contributed by atoms with Gasteiger partial charge in [0.2, 0.25) is 11.8 Å². The number of fused-ring (bicyclic) bond motifs is 1. The molecule has 1 aromatic heterocycles. The van der Waals surface area contributed by atoms with E-state index >= 15 is 0 Å². The standard InChI is InChI=1S/C36H30Cl2N4O4/c1-23-11-15-25-9-6-10-31(35(25)40-23)46-22-28-29(37)18-19-30(34(28)38)42(2)33(44)21-39-32(43)20-14-24-12-16-27(17-13-24)41-36(45)26-7-4-3-5-8-26/h3-20H,21-22H2,1-2H3,(H,39,43)(H,41,45). The molecule has 0 fully saturated rings. The van der Waals surface area contributed by atoms with Gasteiger partial charge in [-0.05, 0) is 67.1 Å². The third-order valence-electron chi connectivity index (χ3n) is 7.14. The van der Waals surface area contributed by atoms with Gasteiger partial charge < -0.3 is 20.3 Å². The van der Waals surface area contributed by atoms with E-state index < -0.39 is 5.91 Å². The zero-order chi connectivity index (χ0) is 32.6. The van der Waals surface area contributed by atoms with Crippen LogP contribution in [0.5, 0.6) is 5.75 Å². The monoisotopic (exact) mass is 652 g/mol. The van der Waals surface area contributed by atoms with Crippen LogP contribution in [0, 0.1) is 6.92 Å².